The number of hydrogen-bond acceptors (Lipinski definition) is 2. The summed E-state index contributed by atoms with van der Waals surface area (Å²) in [5, 5.41) is 3.12. The summed E-state index contributed by atoms with van der Waals surface area (Å²) in [5.41, 5.74) is 3.57. The minimum atomic E-state index is 0.951. The lowest BCUT2D eigenvalue weighted by molar-refractivity contribution is 0.766. The van der Waals surface area contributed by atoms with Crippen LogP contribution in [0.3, 0.4) is 0 Å². The number of rotatable bonds is 4. The summed E-state index contributed by atoms with van der Waals surface area (Å²) in [4.78, 5) is 7.88. The van der Waals surface area contributed by atoms with Crippen molar-refractivity contribution in [2.24, 2.45) is 0 Å². The Morgan fingerprint density at radius 2 is 2.27 bits per heavy atom. The fourth-order valence-electron chi connectivity index (χ4n) is 1.69. The fraction of sp³-hybridized carbons (Fsp3) is 0.417. The molecule has 0 radical (unpaired) electrons. The molecule has 0 spiro atoms. The topological polar surface area (TPSA) is 40.7 Å². The standard InChI is InChI=1S/C12H17N3/c1-3-9-4-5-10-11(8-9)15-12(14-10)6-7-13-2/h4-5,8,13H,3,6-7H2,1-2H3,(H,14,15). The van der Waals surface area contributed by atoms with E-state index >= 15 is 0 Å². The van der Waals surface area contributed by atoms with E-state index in [4.69, 9.17) is 0 Å². The van der Waals surface area contributed by atoms with Crippen LogP contribution in [0.25, 0.3) is 11.0 Å². The van der Waals surface area contributed by atoms with Gasteiger partial charge in [-0.15, -0.1) is 0 Å². The summed E-state index contributed by atoms with van der Waals surface area (Å²) in [6.07, 6.45) is 2.02. The Bertz CT molecular complexity index is 445. The smallest absolute Gasteiger partial charge is 0.108 e. The molecule has 15 heavy (non-hydrogen) atoms. The molecule has 0 aliphatic carbocycles. The summed E-state index contributed by atoms with van der Waals surface area (Å²) >= 11 is 0. The van der Waals surface area contributed by atoms with E-state index in [0.29, 0.717) is 0 Å². The van der Waals surface area contributed by atoms with Gasteiger partial charge in [0, 0.05) is 13.0 Å². The molecule has 0 aliphatic rings. The molecule has 80 valence electrons. The van der Waals surface area contributed by atoms with E-state index in [9.17, 15) is 0 Å². The van der Waals surface area contributed by atoms with Crippen molar-refractivity contribution in [3.05, 3.63) is 29.6 Å². The van der Waals surface area contributed by atoms with Gasteiger partial charge in [-0.3, -0.25) is 0 Å². The molecule has 0 saturated heterocycles. The molecular formula is C12H17N3. The predicted octanol–water partition coefficient (Wildman–Crippen LogP) is 1.89. The van der Waals surface area contributed by atoms with Crippen molar-refractivity contribution in [2.75, 3.05) is 13.6 Å². The molecule has 3 nitrogen and oxygen atoms in total. The SMILES string of the molecule is CCc1ccc2nc(CCNC)[nH]c2c1. The van der Waals surface area contributed by atoms with Crippen LogP contribution in [0.15, 0.2) is 18.2 Å². The molecule has 1 aromatic carbocycles. The van der Waals surface area contributed by atoms with Gasteiger partial charge in [-0.1, -0.05) is 13.0 Å². The maximum absolute atomic E-state index is 4.53. The fourth-order valence-corrected chi connectivity index (χ4v) is 1.69. The number of nitrogens with zero attached hydrogens (tertiary/aromatic N) is 1. The third-order valence-corrected chi connectivity index (χ3v) is 2.62. The largest absolute Gasteiger partial charge is 0.342 e. The normalized spacial score (nSPS) is 11.1. The highest BCUT2D eigenvalue weighted by atomic mass is 14.9. The first-order valence-corrected chi connectivity index (χ1v) is 5.45. The maximum Gasteiger partial charge on any atom is 0.108 e. The Balaban J connectivity index is 2.29. The van der Waals surface area contributed by atoms with Crippen molar-refractivity contribution in [2.45, 2.75) is 19.8 Å². The van der Waals surface area contributed by atoms with E-state index in [1.807, 2.05) is 7.05 Å². The summed E-state index contributed by atoms with van der Waals surface area (Å²) in [7, 11) is 1.96. The molecule has 0 unspecified atom stereocenters. The van der Waals surface area contributed by atoms with Gasteiger partial charge in [0.25, 0.3) is 0 Å². The second kappa shape index (κ2) is 4.45. The van der Waals surface area contributed by atoms with Crippen LogP contribution in [0, 0.1) is 0 Å². The van der Waals surface area contributed by atoms with Crippen LogP contribution in [-0.2, 0) is 12.8 Å². The van der Waals surface area contributed by atoms with Crippen molar-refractivity contribution in [3.8, 4) is 0 Å². The quantitative estimate of drug-likeness (QED) is 0.796. The lowest BCUT2D eigenvalue weighted by Gasteiger charge is -1.94. The van der Waals surface area contributed by atoms with Gasteiger partial charge in [0.2, 0.25) is 0 Å². The van der Waals surface area contributed by atoms with Crippen molar-refractivity contribution in [1.29, 1.82) is 0 Å². The number of aromatic amines is 1. The number of fused-ring (bicyclic) bond motifs is 1. The molecule has 2 aromatic rings. The summed E-state index contributed by atoms with van der Waals surface area (Å²) in [5.74, 6) is 1.06. The molecule has 3 heteroatoms. The van der Waals surface area contributed by atoms with Gasteiger partial charge in [0.05, 0.1) is 11.0 Å². The molecule has 2 N–H and O–H groups in total. The minimum absolute atomic E-state index is 0.951. The van der Waals surface area contributed by atoms with Crippen molar-refractivity contribution < 1.29 is 0 Å². The van der Waals surface area contributed by atoms with E-state index in [1.165, 1.54) is 5.56 Å². The Morgan fingerprint density at radius 3 is 3.00 bits per heavy atom. The van der Waals surface area contributed by atoms with Crippen LogP contribution in [-0.4, -0.2) is 23.6 Å². The third-order valence-electron chi connectivity index (χ3n) is 2.62. The van der Waals surface area contributed by atoms with Gasteiger partial charge in [0.15, 0.2) is 0 Å². The van der Waals surface area contributed by atoms with Crippen LogP contribution in [0.4, 0.5) is 0 Å². The van der Waals surface area contributed by atoms with Gasteiger partial charge in [-0.25, -0.2) is 4.98 Å². The number of hydrogen-bond donors (Lipinski definition) is 2. The molecule has 0 atom stereocenters. The minimum Gasteiger partial charge on any atom is -0.342 e. The number of imidazole rings is 1. The van der Waals surface area contributed by atoms with Gasteiger partial charge >= 0.3 is 0 Å². The van der Waals surface area contributed by atoms with E-state index in [2.05, 4.69) is 40.4 Å². The molecule has 1 heterocycles. The monoisotopic (exact) mass is 203 g/mol. The molecule has 0 bridgehead atoms. The molecule has 2 rings (SSSR count). The van der Waals surface area contributed by atoms with Gasteiger partial charge in [0.1, 0.15) is 5.82 Å². The van der Waals surface area contributed by atoms with Gasteiger partial charge in [-0.05, 0) is 31.2 Å². The second-order valence-corrected chi connectivity index (χ2v) is 3.74. The van der Waals surface area contributed by atoms with E-state index in [-0.39, 0.29) is 0 Å². The van der Waals surface area contributed by atoms with Gasteiger partial charge in [-0.2, -0.15) is 0 Å². The van der Waals surface area contributed by atoms with E-state index in [1.54, 1.807) is 0 Å². The molecular weight excluding hydrogens is 186 g/mol. The Hall–Kier alpha value is -1.35. The highest BCUT2D eigenvalue weighted by Crippen LogP contribution is 2.14. The predicted molar refractivity (Wildman–Crippen MR) is 63.1 cm³/mol. The first-order valence-electron chi connectivity index (χ1n) is 5.45. The average molecular weight is 203 g/mol. The van der Waals surface area contributed by atoms with Crippen LogP contribution >= 0.6 is 0 Å². The first kappa shape index (κ1) is 10.2. The van der Waals surface area contributed by atoms with Crippen molar-refractivity contribution in [1.82, 2.24) is 15.3 Å². The van der Waals surface area contributed by atoms with Crippen LogP contribution in [0.5, 0.6) is 0 Å². The number of aromatic nitrogens is 2. The average Bonchev–Trinajstić information content (AvgIpc) is 2.67. The third kappa shape index (κ3) is 2.18. The lowest BCUT2D eigenvalue weighted by atomic mass is 10.1. The van der Waals surface area contributed by atoms with E-state index in [0.717, 1.165) is 36.2 Å². The Labute approximate surface area is 89.9 Å². The zero-order valence-electron chi connectivity index (χ0n) is 9.30. The molecule has 1 aromatic heterocycles. The number of H-pyrrole nitrogens is 1. The Morgan fingerprint density at radius 1 is 1.40 bits per heavy atom. The van der Waals surface area contributed by atoms with Crippen molar-refractivity contribution in [3.63, 3.8) is 0 Å². The lowest BCUT2D eigenvalue weighted by Crippen LogP contribution is -2.10. The maximum atomic E-state index is 4.53. The molecule has 0 fully saturated rings. The van der Waals surface area contributed by atoms with Crippen LogP contribution in [0.2, 0.25) is 0 Å². The van der Waals surface area contributed by atoms with E-state index < -0.39 is 0 Å². The number of nitrogens with one attached hydrogen (secondary N) is 2. The van der Waals surface area contributed by atoms with Gasteiger partial charge < -0.3 is 10.3 Å². The zero-order valence-corrected chi connectivity index (χ0v) is 9.30. The molecule has 0 amide bonds. The highest BCUT2D eigenvalue weighted by Gasteiger charge is 2.02. The molecule has 0 saturated carbocycles. The summed E-state index contributed by atoms with van der Waals surface area (Å²) < 4.78 is 0. The summed E-state index contributed by atoms with van der Waals surface area (Å²) in [6, 6.07) is 6.42. The van der Waals surface area contributed by atoms with Crippen LogP contribution in [0.1, 0.15) is 18.3 Å². The summed E-state index contributed by atoms with van der Waals surface area (Å²) in [6.45, 7) is 3.12. The second-order valence-electron chi connectivity index (χ2n) is 3.74. The zero-order chi connectivity index (χ0) is 10.7. The van der Waals surface area contributed by atoms with Crippen LogP contribution < -0.4 is 5.32 Å². The number of likely N-dealkylation sites (N-methyl/N-ethyl adjacent to an activating group) is 1. The molecule has 0 aliphatic heterocycles. The Kier molecular flexibility index (Phi) is 3.02. The number of aryl methyl sites for hydroxylation is 1. The number of benzene rings is 1. The highest BCUT2D eigenvalue weighted by molar-refractivity contribution is 5.75. The van der Waals surface area contributed by atoms with Crippen molar-refractivity contribution >= 4 is 11.0 Å². The first-order chi connectivity index (χ1) is 7.33.